The molecule has 0 saturated heterocycles. The second-order valence-corrected chi connectivity index (χ2v) is 3.98. The van der Waals surface area contributed by atoms with E-state index in [1.54, 1.807) is 0 Å². The molecule has 0 aliphatic heterocycles. The highest BCUT2D eigenvalue weighted by atomic mass is 35.5. The van der Waals surface area contributed by atoms with E-state index < -0.39 is 16.0 Å². The van der Waals surface area contributed by atoms with Crippen LogP contribution in [-0.2, 0) is 0 Å². The average Bonchev–Trinajstić information content (AvgIpc) is 2.11. The Morgan fingerprint density at radius 2 is 2.36 bits per heavy atom. The summed E-state index contributed by atoms with van der Waals surface area (Å²) in [6.07, 6.45) is 1.63. The highest BCUT2D eigenvalue weighted by Crippen LogP contribution is 2.35. The van der Waals surface area contributed by atoms with Gasteiger partial charge in [-0.3, -0.25) is 10.1 Å². The van der Waals surface area contributed by atoms with Crippen molar-refractivity contribution in [2.45, 2.75) is 24.4 Å². The molecule has 2 atom stereocenters. The zero-order valence-electron chi connectivity index (χ0n) is 7.41. The van der Waals surface area contributed by atoms with Crippen LogP contribution in [0.4, 0.5) is 0 Å². The molecule has 0 heterocycles. The van der Waals surface area contributed by atoms with Gasteiger partial charge in [-0.15, -0.1) is 0 Å². The molecule has 4 nitrogen and oxygen atoms in total. The first kappa shape index (κ1) is 11.5. The number of aliphatic hydroxyl groups is 1. The lowest BCUT2D eigenvalue weighted by atomic mass is 9.98. The fraction of sp³-hybridized carbons (Fsp3) is 0.500. The van der Waals surface area contributed by atoms with Gasteiger partial charge >= 0.3 is 5.00 Å². The molecular weight excluding hydrogens is 229 g/mol. The lowest BCUT2D eigenvalue weighted by molar-refractivity contribution is -0.537. The molecule has 14 heavy (non-hydrogen) atoms. The van der Waals surface area contributed by atoms with Crippen molar-refractivity contribution in [1.82, 2.24) is 0 Å². The Hall–Kier alpha value is -0.580. The first-order valence-electron chi connectivity index (χ1n) is 4.02. The lowest BCUT2D eigenvalue weighted by Crippen LogP contribution is -2.43. The molecule has 1 aliphatic carbocycles. The molecule has 0 amide bonds. The van der Waals surface area contributed by atoms with Crippen LogP contribution in [0.3, 0.4) is 0 Å². The first-order chi connectivity index (χ1) is 6.41. The maximum atomic E-state index is 10.6. The van der Waals surface area contributed by atoms with Crippen LogP contribution in [-0.4, -0.2) is 21.1 Å². The molecule has 78 valence electrons. The van der Waals surface area contributed by atoms with E-state index in [4.69, 9.17) is 23.2 Å². The summed E-state index contributed by atoms with van der Waals surface area (Å²) in [5, 5.41) is 20.3. The van der Waals surface area contributed by atoms with Crippen LogP contribution < -0.4 is 0 Å². The zero-order chi connectivity index (χ0) is 10.9. The summed E-state index contributed by atoms with van der Waals surface area (Å²) in [4.78, 5) is 7.82. The summed E-state index contributed by atoms with van der Waals surface area (Å²) < 4.78 is 0. The van der Waals surface area contributed by atoms with Crippen molar-refractivity contribution in [2.24, 2.45) is 0 Å². The molecule has 0 aromatic heterocycles. The molecule has 0 aromatic rings. The zero-order valence-corrected chi connectivity index (χ0v) is 8.92. The summed E-state index contributed by atoms with van der Waals surface area (Å²) in [6.45, 7) is 1.84. The Morgan fingerprint density at radius 3 is 2.79 bits per heavy atom. The molecule has 0 radical (unpaired) electrons. The predicted molar refractivity (Wildman–Crippen MR) is 53.9 cm³/mol. The van der Waals surface area contributed by atoms with E-state index in [0.29, 0.717) is 12.0 Å². The Balaban J connectivity index is 3.10. The second kappa shape index (κ2) is 3.88. The molecule has 0 fully saturated rings. The summed E-state index contributed by atoms with van der Waals surface area (Å²) in [7, 11) is 0. The Bertz CT molecular complexity index is 327. The summed E-state index contributed by atoms with van der Waals surface area (Å²) in [6, 6.07) is 0. The van der Waals surface area contributed by atoms with E-state index >= 15 is 0 Å². The Kier molecular flexibility index (Phi) is 3.19. The third-order valence-corrected chi connectivity index (χ3v) is 2.89. The monoisotopic (exact) mass is 237 g/mol. The van der Waals surface area contributed by atoms with Crippen molar-refractivity contribution >= 4 is 23.2 Å². The van der Waals surface area contributed by atoms with Gasteiger partial charge in [0.2, 0.25) is 0 Å². The topological polar surface area (TPSA) is 63.4 Å². The van der Waals surface area contributed by atoms with Gasteiger partial charge in [0.05, 0.1) is 4.92 Å². The first-order valence-corrected chi connectivity index (χ1v) is 4.78. The fourth-order valence-corrected chi connectivity index (χ4v) is 1.78. The summed E-state index contributed by atoms with van der Waals surface area (Å²) >= 11 is 11.4. The standard InChI is InChI=1S/C8H9Cl2NO3/c1-2-5-3-7(12)8(10,11(13)14)4-6(5)9/h3-4,7,12H,2H2,1H3. The highest BCUT2D eigenvalue weighted by molar-refractivity contribution is 6.33. The van der Waals surface area contributed by atoms with Gasteiger partial charge < -0.3 is 5.11 Å². The van der Waals surface area contributed by atoms with Crippen molar-refractivity contribution < 1.29 is 10.0 Å². The van der Waals surface area contributed by atoms with Gasteiger partial charge in [0.1, 0.15) is 0 Å². The van der Waals surface area contributed by atoms with Crippen LogP contribution in [0.1, 0.15) is 13.3 Å². The molecule has 0 bridgehead atoms. The molecule has 0 spiro atoms. The number of halogens is 2. The van der Waals surface area contributed by atoms with E-state index in [9.17, 15) is 15.2 Å². The SMILES string of the molecule is CCC1=CC(O)C(Cl)([N+](=O)[O-])C=C1Cl. The number of nitro groups is 1. The normalized spacial score (nSPS) is 32.1. The minimum atomic E-state index is -2.03. The smallest absolute Gasteiger partial charge is 0.344 e. The Labute approximate surface area is 91.0 Å². The number of aliphatic hydroxyl groups excluding tert-OH is 1. The van der Waals surface area contributed by atoms with Gasteiger partial charge in [0.15, 0.2) is 6.10 Å². The minimum Gasteiger partial charge on any atom is -0.380 e. The Morgan fingerprint density at radius 1 is 1.79 bits per heavy atom. The van der Waals surface area contributed by atoms with Gasteiger partial charge in [-0.25, -0.2) is 0 Å². The molecule has 0 aromatic carbocycles. The molecule has 1 N–H and O–H groups in total. The van der Waals surface area contributed by atoms with E-state index in [0.717, 1.165) is 6.08 Å². The summed E-state index contributed by atoms with van der Waals surface area (Å²) in [5.41, 5.74) is 0.664. The quantitative estimate of drug-likeness (QED) is 0.346. The molecule has 0 saturated carbocycles. The van der Waals surface area contributed by atoms with Gasteiger partial charge in [-0.1, -0.05) is 18.5 Å². The number of hydrogen-bond donors (Lipinski definition) is 1. The van der Waals surface area contributed by atoms with Crippen molar-refractivity contribution in [3.05, 3.63) is 32.9 Å². The second-order valence-electron chi connectivity index (χ2n) is 2.97. The van der Waals surface area contributed by atoms with Gasteiger partial charge in [0, 0.05) is 11.1 Å². The van der Waals surface area contributed by atoms with Crippen LogP contribution in [0, 0.1) is 10.1 Å². The number of nitrogens with zero attached hydrogens (tertiary/aromatic N) is 1. The van der Waals surface area contributed by atoms with Crippen molar-refractivity contribution in [1.29, 1.82) is 0 Å². The van der Waals surface area contributed by atoms with Crippen LogP contribution in [0.15, 0.2) is 22.8 Å². The fourth-order valence-electron chi connectivity index (χ4n) is 1.19. The highest BCUT2D eigenvalue weighted by Gasteiger charge is 2.48. The molecular formula is C8H9Cl2NO3. The molecule has 1 aliphatic rings. The van der Waals surface area contributed by atoms with Crippen LogP contribution in [0.2, 0.25) is 0 Å². The maximum Gasteiger partial charge on any atom is 0.344 e. The van der Waals surface area contributed by atoms with E-state index in [1.807, 2.05) is 6.92 Å². The maximum absolute atomic E-state index is 10.6. The van der Waals surface area contributed by atoms with Crippen LogP contribution in [0.25, 0.3) is 0 Å². The number of alkyl halides is 1. The van der Waals surface area contributed by atoms with Gasteiger partial charge in [-0.2, -0.15) is 0 Å². The van der Waals surface area contributed by atoms with Crippen molar-refractivity contribution in [3.63, 3.8) is 0 Å². The van der Waals surface area contributed by atoms with E-state index in [2.05, 4.69) is 0 Å². The lowest BCUT2D eigenvalue weighted by Gasteiger charge is -2.23. The van der Waals surface area contributed by atoms with E-state index in [1.165, 1.54) is 6.08 Å². The molecule has 1 rings (SSSR count). The third kappa shape index (κ3) is 1.78. The predicted octanol–water partition coefficient (Wildman–Crippen LogP) is 2.03. The largest absolute Gasteiger partial charge is 0.380 e. The number of allylic oxidation sites excluding steroid dienone is 2. The number of hydrogen-bond acceptors (Lipinski definition) is 3. The van der Waals surface area contributed by atoms with Crippen molar-refractivity contribution in [2.75, 3.05) is 0 Å². The minimum absolute atomic E-state index is 0.226. The van der Waals surface area contributed by atoms with Gasteiger partial charge in [0.25, 0.3) is 0 Å². The van der Waals surface area contributed by atoms with Crippen molar-refractivity contribution in [3.8, 4) is 0 Å². The third-order valence-electron chi connectivity index (χ3n) is 2.07. The number of rotatable bonds is 2. The van der Waals surface area contributed by atoms with Crippen LogP contribution in [0.5, 0.6) is 0 Å². The summed E-state index contributed by atoms with van der Waals surface area (Å²) in [5.74, 6) is 0. The van der Waals surface area contributed by atoms with E-state index in [-0.39, 0.29) is 5.03 Å². The molecule has 2 unspecified atom stereocenters. The van der Waals surface area contributed by atoms with Gasteiger partial charge in [-0.05, 0) is 29.7 Å². The molecule has 6 heteroatoms. The van der Waals surface area contributed by atoms with Crippen LogP contribution >= 0.6 is 23.2 Å². The average molecular weight is 238 g/mol.